The smallest absolute Gasteiger partial charge is 0.222 e. The quantitative estimate of drug-likeness (QED) is 0.515. The van der Waals surface area contributed by atoms with Gasteiger partial charge in [0.2, 0.25) is 5.91 Å². The monoisotopic (exact) mass is 414 g/mol. The van der Waals surface area contributed by atoms with Gasteiger partial charge in [0.25, 0.3) is 0 Å². The Morgan fingerprint density at radius 2 is 1.65 bits per heavy atom. The maximum Gasteiger partial charge on any atom is 0.222 e. The summed E-state index contributed by atoms with van der Waals surface area (Å²) < 4.78 is 5.80. The zero-order valence-corrected chi connectivity index (χ0v) is 17.4. The van der Waals surface area contributed by atoms with E-state index >= 15 is 0 Å². The van der Waals surface area contributed by atoms with Gasteiger partial charge in [-0.2, -0.15) is 0 Å². The van der Waals surface area contributed by atoms with Gasteiger partial charge in [-0.05, 0) is 73.4 Å². The second kappa shape index (κ2) is 10.0. The highest BCUT2D eigenvalue weighted by Crippen LogP contribution is 2.25. The summed E-state index contributed by atoms with van der Waals surface area (Å²) in [6.07, 6.45) is 6.30. The van der Waals surface area contributed by atoms with Gasteiger partial charge in [-0.25, -0.2) is 0 Å². The molecule has 4 rings (SSSR count). The van der Waals surface area contributed by atoms with Crippen LogP contribution in [0.5, 0.6) is 11.5 Å². The van der Waals surface area contributed by atoms with Gasteiger partial charge < -0.3 is 9.64 Å². The summed E-state index contributed by atoms with van der Waals surface area (Å²) >= 11 is 0. The van der Waals surface area contributed by atoms with E-state index in [1.807, 2.05) is 71.6 Å². The van der Waals surface area contributed by atoms with Crippen molar-refractivity contribution in [2.75, 3.05) is 13.1 Å². The van der Waals surface area contributed by atoms with Gasteiger partial charge in [-0.1, -0.05) is 18.2 Å². The number of ketones is 1. The molecule has 5 nitrogen and oxygen atoms in total. The van der Waals surface area contributed by atoms with Crippen LogP contribution < -0.4 is 4.74 Å². The fourth-order valence-electron chi connectivity index (χ4n) is 3.92. The number of piperidine rings is 1. The summed E-state index contributed by atoms with van der Waals surface area (Å²) in [6.45, 7) is 1.22. The highest BCUT2D eigenvalue weighted by molar-refractivity contribution is 5.98. The van der Waals surface area contributed by atoms with Crippen LogP contribution in [-0.4, -0.2) is 34.7 Å². The van der Waals surface area contributed by atoms with Crippen molar-refractivity contribution in [3.63, 3.8) is 0 Å². The first-order valence-corrected chi connectivity index (χ1v) is 10.7. The largest absolute Gasteiger partial charge is 0.457 e. The summed E-state index contributed by atoms with van der Waals surface area (Å²) in [5.74, 6) is 1.51. The second-order valence-electron chi connectivity index (χ2n) is 7.84. The number of pyridine rings is 1. The van der Waals surface area contributed by atoms with E-state index in [1.54, 1.807) is 12.4 Å². The SMILES string of the molecule is O=C(c1ccc(Oc2ccccc2)cc1)[C@@H]1CCCN(C(=O)CCc2ccncc2)C1. The van der Waals surface area contributed by atoms with Crippen molar-refractivity contribution in [3.05, 3.63) is 90.3 Å². The van der Waals surface area contributed by atoms with E-state index in [2.05, 4.69) is 4.98 Å². The van der Waals surface area contributed by atoms with Crippen molar-refractivity contribution in [1.29, 1.82) is 0 Å². The maximum atomic E-state index is 13.0. The number of aromatic nitrogens is 1. The molecule has 0 unspecified atom stereocenters. The molecule has 1 fully saturated rings. The lowest BCUT2D eigenvalue weighted by Crippen LogP contribution is -2.42. The van der Waals surface area contributed by atoms with Crippen LogP contribution >= 0.6 is 0 Å². The number of amides is 1. The predicted octanol–water partition coefficient (Wildman–Crippen LogP) is 4.93. The summed E-state index contributed by atoms with van der Waals surface area (Å²) in [5.41, 5.74) is 1.77. The fraction of sp³-hybridized carbons (Fsp3) is 0.269. The van der Waals surface area contributed by atoms with Crippen molar-refractivity contribution >= 4 is 11.7 Å². The third-order valence-electron chi connectivity index (χ3n) is 5.64. The van der Waals surface area contributed by atoms with E-state index in [0.29, 0.717) is 30.7 Å². The standard InChI is InChI=1S/C26H26N2O3/c29-25(13-8-20-14-16-27-17-15-20)28-18-4-5-22(19-28)26(30)21-9-11-24(12-10-21)31-23-6-2-1-3-7-23/h1-3,6-7,9-12,14-17,22H,4-5,8,13,18-19H2/t22-/m1/s1. The van der Waals surface area contributed by atoms with Crippen LogP contribution in [0.2, 0.25) is 0 Å². The summed E-state index contributed by atoms with van der Waals surface area (Å²) in [6, 6.07) is 20.7. The number of hydrogen-bond donors (Lipinski definition) is 0. The third-order valence-corrected chi connectivity index (χ3v) is 5.64. The molecule has 1 atom stereocenters. The number of nitrogens with zero attached hydrogens (tertiary/aromatic N) is 2. The summed E-state index contributed by atoms with van der Waals surface area (Å²) in [7, 11) is 0. The summed E-state index contributed by atoms with van der Waals surface area (Å²) in [4.78, 5) is 31.6. The average Bonchev–Trinajstić information content (AvgIpc) is 2.84. The minimum Gasteiger partial charge on any atom is -0.457 e. The Kier molecular flexibility index (Phi) is 6.72. The Morgan fingerprint density at radius 3 is 2.39 bits per heavy atom. The lowest BCUT2D eigenvalue weighted by Gasteiger charge is -2.32. The van der Waals surface area contributed by atoms with Crippen LogP contribution in [0, 0.1) is 5.92 Å². The van der Waals surface area contributed by atoms with Gasteiger partial charge in [-0.3, -0.25) is 14.6 Å². The number of likely N-dealkylation sites (tertiary alicyclic amines) is 1. The molecule has 1 aliphatic rings. The molecule has 5 heteroatoms. The number of rotatable bonds is 7. The first-order valence-electron chi connectivity index (χ1n) is 10.7. The second-order valence-corrected chi connectivity index (χ2v) is 7.84. The molecule has 1 aromatic heterocycles. The average molecular weight is 415 g/mol. The van der Waals surface area contributed by atoms with Gasteiger partial charge >= 0.3 is 0 Å². The topological polar surface area (TPSA) is 59.5 Å². The predicted molar refractivity (Wildman–Crippen MR) is 119 cm³/mol. The molecule has 3 aromatic rings. The molecule has 158 valence electrons. The van der Waals surface area contributed by atoms with Gasteiger partial charge in [0.15, 0.2) is 5.78 Å². The van der Waals surface area contributed by atoms with Gasteiger partial charge in [0.05, 0.1) is 0 Å². The van der Waals surface area contributed by atoms with Crippen molar-refractivity contribution in [3.8, 4) is 11.5 Å². The van der Waals surface area contributed by atoms with Crippen molar-refractivity contribution in [1.82, 2.24) is 9.88 Å². The first-order chi connectivity index (χ1) is 15.2. The van der Waals surface area contributed by atoms with Gasteiger partial charge in [0.1, 0.15) is 11.5 Å². The highest BCUT2D eigenvalue weighted by Gasteiger charge is 2.28. The Balaban J connectivity index is 1.33. The summed E-state index contributed by atoms with van der Waals surface area (Å²) in [5, 5.41) is 0. The molecule has 0 N–H and O–H groups in total. The molecule has 0 radical (unpaired) electrons. The molecule has 2 aromatic carbocycles. The van der Waals surface area contributed by atoms with Crippen LogP contribution in [0.15, 0.2) is 79.1 Å². The van der Waals surface area contributed by atoms with Crippen LogP contribution in [0.3, 0.4) is 0 Å². The molecular formula is C26H26N2O3. The number of para-hydroxylation sites is 1. The van der Waals surface area contributed by atoms with Crippen molar-refractivity contribution < 1.29 is 14.3 Å². The molecule has 1 amide bonds. The molecule has 1 aliphatic heterocycles. The third kappa shape index (κ3) is 5.57. The van der Waals surface area contributed by atoms with E-state index in [-0.39, 0.29) is 17.6 Å². The number of carbonyl (C=O) groups excluding carboxylic acids is 2. The first kappa shape index (κ1) is 20.8. The number of aryl methyl sites for hydroxylation is 1. The lowest BCUT2D eigenvalue weighted by molar-refractivity contribution is -0.132. The lowest BCUT2D eigenvalue weighted by atomic mass is 9.89. The number of ether oxygens (including phenoxy) is 1. The zero-order valence-electron chi connectivity index (χ0n) is 17.4. The molecule has 2 heterocycles. The Labute approximate surface area is 182 Å². The molecule has 31 heavy (non-hydrogen) atoms. The van der Waals surface area contributed by atoms with E-state index in [1.165, 1.54) is 0 Å². The van der Waals surface area contributed by atoms with Crippen molar-refractivity contribution in [2.45, 2.75) is 25.7 Å². The van der Waals surface area contributed by atoms with Crippen molar-refractivity contribution in [2.24, 2.45) is 5.92 Å². The van der Waals surface area contributed by atoms with E-state index in [0.717, 1.165) is 30.7 Å². The maximum absolute atomic E-state index is 13.0. The van der Waals surface area contributed by atoms with E-state index in [4.69, 9.17) is 4.74 Å². The van der Waals surface area contributed by atoms with Gasteiger partial charge in [-0.15, -0.1) is 0 Å². The number of benzene rings is 2. The molecular weight excluding hydrogens is 388 g/mol. The number of Topliss-reactive ketones (excluding diaryl/α,β-unsaturated/α-hetero) is 1. The highest BCUT2D eigenvalue weighted by atomic mass is 16.5. The van der Waals surface area contributed by atoms with E-state index in [9.17, 15) is 9.59 Å². The molecule has 0 saturated carbocycles. The molecule has 0 bridgehead atoms. The van der Waals surface area contributed by atoms with Crippen LogP contribution in [0.1, 0.15) is 35.2 Å². The fourth-order valence-corrected chi connectivity index (χ4v) is 3.92. The Hall–Kier alpha value is -3.47. The molecule has 1 saturated heterocycles. The zero-order chi connectivity index (χ0) is 21.5. The molecule has 0 aliphatic carbocycles. The minimum atomic E-state index is -0.153. The normalized spacial score (nSPS) is 16.0. The van der Waals surface area contributed by atoms with Crippen LogP contribution in [0.25, 0.3) is 0 Å². The number of carbonyl (C=O) groups is 2. The number of hydrogen-bond acceptors (Lipinski definition) is 4. The Bertz CT molecular complexity index is 1000. The van der Waals surface area contributed by atoms with Crippen LogP contribution in [-0.2, 0) is 11.2 Å². The minimum absolute atomic E-state index is 0.0953. The Morgan fingerprint density at radius 1 is 0.935 bits per heavy atom. The van der Waals surface area contributed by atoms with Gasteiger partial charge in [0, 0.05) is 43.4 Å². The van der Waals surface area contributed by atoms with E-state index < -0.39 is 0 Å². The van der Waals surface area contributed by atoms with Crippen LogP contribution in [0.4, 0.5) is 0 Å². The molecule has 0 spiro atoms.